The van der Waals surface area contributed by atoms with Crippen LogP contribution >= 0.6 is 15.6 Å². The van der Waals surface area contributed by atoms with Crippen molar-refractivity contribution < 1.29 is 80.2 Å². The number of carbonyl (C=O) groups is 4. The Balaban J connectivity index is 5.14. The number of esters is 4. The van der Waals surface area contributed by atoms with Gasteiger partial charge < -0.3 is 33.8 Å². The van der Waals surface area contributed by atoms with Gasteiger partial charge in [0.1, 0.15) is 19.3 Å². The van der Waals surface area contributed by atoms with Gasteiger partial charge in [-0.05, 0) is 37.5 Å². The maximum atomic E-state index is 13.0. The third-order valence-electron chi connectivity index (χ3n) is 15.0. The van der Waals surface area contributed by atoms with Crippen molar-refractivity contribution in [1.82, 2.24) is 0 Å². The first-order chi connectivity index (χ1) is 40.4. The number of carbonyl (C=O) groups excluding carboxylic acids is 4. The summed E-state index contributed by atoms with van der Waals surface area (Å²) in [6.45, 7) is 9.37. The fraction of sp³-hybridized carbons (Fsp3) is 0.938. The molecule has 19 heteroatoms. The van der Waals surface area contributed by atoms with Gasteiger partial charge >= 0.3 is 39.5 Å². The van der Waals surface area contributed by atoms with Crippen LogP contribution in [0.1, 0.15) is 324 Å². The number of phosphoric ester groups is 2. The minimum Gasteiger partial charge on any atom is -0.462 e. The van der Waals surface area contributed by atoms with E-state index in [1.54, 1.807) is 0 Å². The zero-order valence-corrected chi connectivity index (χ0v) is 56.0. The molecule has 0 saturated heterocycles. The molecule has 0 heterocycles. The molecule has 498 valence electrons. The Morgan fingerprint density at radius 2 is 0.548 bits per heavy atom. The fourth-order valence-corrected chi connectivity index (χ4v) is 11.3. The van der Waals surface area contributed by atoms with E-state index in [-0.39, 0.29) is 25.7 Å². The van der Waals surface area contributed by atoms with Crippen molar-refractivity contribution in [3.63, 3.8) is 0 Å². The van der Waals surface area contributed by atoms with Crippen LogP contribution in [0.15, 0.2) is 0 Å². The summed E-state index contributed by atoms with van der Waals surface area (Å²) >= 11 is 0. The number of aliphatic hydroxyl groups excluding tert-OH is 1. The average Bonchev–Trinajstić information content (AvgIpc) is 3.46. The third kappa shape index (κ3) is 59.0. The summed E-state index contributed by atoms with van der Waals surface area (Å²) in [5.41, 5.74) is 0. The molecule has 0 aromatic heterocycles. The molecule has 0 spiro atoms. The number of unbranched alkanes of at least 4 members (excludes halogenated alkanes) is 34. The van der Waals surface area contributed by atoms with Crippen LogP contribution in [0.3, 0.4) is 0 Å². The zero-order chi connectivity index (χ0) is 62.2. The Morgan fingerprint density at radius 3 is 0.810 bits per heavy atom. The van der Waals surface area contributed by atoms with E-state index in [1.165, 1.54) is 135 Å². The highest BCUT2D eigenvalue weighted by molar-refractivity contribution is 7.47. The lowest BCUT2D eigenvalue weighted by atomic mass is 10.0. The molecule has 0 aromatic rings. The van der Waals surface area contributed by atoms with Crippen LogP contribution in [0.5, 0.6) is 0 Å². The second-order valence-corrected chi connectivity index (χ2v) is 27.4. The highest BCUT2D eigenvalue weighted by Crippen LogP contribution is 2.45. The Bertz CT molecular complexity index is 1650. The highest BCUT2D eigenvalue weighted by atomic mass is 31.2. The quantitative estimate of drug-likeness (QED) is 0.0222. The van der Waals surface area contributed by atoms with E-state index >= 15 is 0 Å². The molecule has 0 rings (SSSR count). The molecule has 0 amide bonds. The number of aliphatic hydroxyl groups is 1. The predicted octanol–water partition coefficient (Wildman–Crippen LogP) is 18.0. The second-order valence-electron chi connectivity index (χ2n) is 24.5. The maximum Gasteiger partial charge on any atom is 0.472 e. The van der Waals surface area contributed by atoms with Crippen molar-refractivity contribution >= 4 is 39.5 Å². The SMILES string of the molecule is CCCCCCCCCCCCCC(=O)OC[C@H](COP(=O)(O)OC[C@@H](O)COP(=O)(O)OC[C@@H](COC(=O)CCCCCCC)OC(=O)CCCCCCCCCC(C)C)OC(=O)CCCCCCCCCCCCCCCCCC(C)C. The minimum absolute atomic E-state index is 0.102. The molecule has 0 radical (unpaired) electrons. The first-order valence-corrected chi connectivity index (χ1v) is 37.0. The van der Waals surface area contributed by atoms with Crippen molar-refractivity contribution in [3.8, 4) is 0 Å². The molecule has 0 aliphatic rings. The Hall–Kier alpha value is -1.94. The van der Waals surface area contributed by atoms with Gasteiger partial charge in [-0.2, -0.15) is 0 Å². The second kappa shape index (κ2) is 57.5. The van der Waals surface area contributed by atoms with E-state index in [0.29, 0.717) is 31.6 Å². The fourth-order valence-electron chi connectivity index (χ4n) is 9.71. The molecular formula is C65H126O17P2. The molecule has 0 aliphatic heterocycles. The lowest BCUT2D eigenvalue weighted by molar-refractivity contribution is -0.161. The van der Waals surface area contributed by atoms with E-state index < -0.39 is 97.5 Å². The molecule has 84 heavy (non-hydrogen) atoms. The normalized spacial score (nSPS) is 14.3. The molecule has 0 aromatic carbocycles. The van der Waals surface area contributed by atoms with Crippen LogP contribution in [0.2, 0.25) is 0 Å². The summed E-state index contributed by atoms with van der Waals surface area (Å²) in [5, 5.41) is 10.5. The topological polar surface area (TPSA) is 237 Å². The summed E-state index contributed by atoms with van der Waals surface area (Å²) in [5.74, 6) is -0.645. The molecule has 0 bridgehead atoms. The van der Waals surface area contributed by atoms with Crippen LogP contribution in [0.25, 0.3) is 0 Å². The smallest absolute Gasteiger partial charge is 0.462 e. The molecule has 5 atom stereocenters. The lowest BCUT2D eigenvalue weighted by Crippen LogP contribution is -2.30. The predicted molar refractivity (Wildman–Crippen MR) is 335 cm³/mol. The Labute approximate surface area is 511 Å². The van der Waals surface area contributed by atoms with Crippen LogP contribution in [-0.4, -0.2) is 96.7 Å². The number of hydrogen-bond donors (Lipinski definition) is 3. The van der Waals surface area contributed by atoms with E-state index in [1.807, 2.05) is 0 Å². The summed E-state index contributed by atoms with van der Waals surface area (Å²) in [6.07, 6.45) is 40.8. The molecule has 17 nitrogen and oxygen atoms in total. The summed E-state index contributed by atoms with van der Waals surface area (Å²) in [4.78, 5) is 72.0. The standard InChI is InChI=1S/C65H126O17P2/c1-7-9-11-13-14-15-21-25-30-36-42-48-63(68)76-54-61(82-64(69)49-43-37-31-26-23-20-18-16-17-19-22-24-28-34-39-45-57(3)4)56-80-84(73,74)78-52-59(66)51-77-83(71,72)79-55-60(53-75-62(67)47-41-33-12-10-8-2)81-65(70)50-44-38-32-27-29-35-40-46-58(5)6/h57-61,66H,7-56H2,1-6H3,(H,71,72)(H,73,74)/t59-,60+,61+/m0/s1. The average molecular weight is 1240 g/mol. The first kappa shape index (κ1) is 82.1. The maximum absolute atomic E-state index is 13.0. The number of rotatable bonds is 64. The summed E-state index contributed by atoms with van der Waals surface area (Å²) in [6, 6.07) is 0. The van der Waals surface area contributed by atoms with Crippen molar-refractivity contribution in [2.24, 2.45) is 11.8 Å². The van der Waals surface area contributed by atoms with E-state index in [4.69, 9.17) is 37.0 Å². The van der Waals surface area contributed by atoms with Crippen molar-refractivity contribution in [2.45, 2.75) is 342 Å². The highest BCUT2D eigenvalue weighted by Gasteiger charge is 2.30. The van der Waals surface area contributed by atoms with E-state index in [2.05, 4.69) is 41.5 Å². The number of ether oxygens (including phenoxy) is 4. The van der Waals surface area contributed by atoms with Gasteiger partial charge in [0.15, 0.2) is 12.2 Å². The van der Waals surface area contributed by atoms with Gasteiger partial charge in [-0.25, -0.2) is 9.13 Å². The molecule has 0 saturated carbocycles. The van der Waals surface area contributed by atoms with Crippen LogP contribution in [-0.2, 0) is 65.4 Å². The molecule has 0 aliphatic carbocycles. The molecule has 3 N–H and O–H groups in total. The van der Waals surface area contributed by atoms with Crippen molar-refractivity contribution in [1.29, 1.82) is 0 Å². The van der Waals surface area contributed by atoms with Crippen LogP contribution in [0.4, 0.5) is 0 Å². The minimum atomic E-state index is -4.94. The van der Waals surface area contributed by atoms with E-state index in [0.717, 1.165) is 102 Å². The molecule has 0 fully saturated rings. The largest absolute Gasteiger partial charge is 0.472 e. The van der Waals surface area contributed by atoms with Gasteiger partial charge in [-0.3, -0.25) is 37.3 Å². The first-order valence-electron chi connectivity index (χ1n) is 34.0. The van der Waals surface area contributed by atoms with Crippen LogP contribution in [0, 0.1) is 11.8 Å². The summed E-state index contributed by atoms with van der Waals surface area (Å²) in [7, 11) is -9.88. The number of hydrogen-bond acceptors (Lipinski definition) is 15. The Kier molecular flexibility index (Phi) is 56.2. The third-order valence-corrected chi connectivity index (χ3v) is 16.9. The van der Waals surface area contributed by atoms with Gasteiger partial charge in [0.05, 0.1) is 26.4 Å². The molecule has 2 unspecified atom stereocenters. The van der Waals surface area contributed by atoms with Crippen molar-refractivity contribution in [3.05, 3.63) is 0 Å². The van der Waals surface area contributed by atoms with Gasteiger partial charge in [-0.15, -0.1) is 0 Å². The van der Waals surface area contributed by atoms with Gasteiger partial charge in [0.2, 0.25) is 0 Å². The zero-order valence-electron chi connectivity index (χ0n) is 54.2. The van der Waals surface area contributed by atoms with Crippen LogP contribution < -0.4 is 0 Å². The van der Waals surface area contributed by atoms with Gasteiger partial charge in [0.25, 0.3) is 0 Å². The summed E-state index contributed by atoms with van der Waals surface area (Å²) < 4.78 is 67.8. The number of phosphoric acid groups is 2. The van der Waals surface area contributed by atoms with Gasteiger partial charge in [0, 0.05) is 25.7 Å². The monoisotopic (exact) mass is 1240 g/mol. The Morgan fingerprint density at radius 1 is 0.321 bits per heavy atom. The van der Waals surface area contributed by atoms with E-state index in [9.17, 15) is 43.2 Å². The molecular weight excluding hydrogens is 1110 g/mol. The lowest BCUT2D eigenvalue weighted by Gasteiger charge is -2.21. The van der Waals surface area contributed by atoms with Gasteiger partial charge in [-0.1, -0.05) is 273 Å². The van der Waals surface area contributed by atoms with Crippen molar-refractivity contribution in [2.75, 3.05) is 39.6 Å².